The molecule has 0 fully saturated rings. The Morgan fingerprint density at radius 1 is 1.15 bits per heavy atom. The molecule has 2 heterocycles. The molecule has 0 spiro atoms. The normalized spacial score (nSPS) is 13.2. The van der Waals surface area contributed by atoms with Crippen molar-refractivity contribution in [2.45, 2.75) is 30.8 Å². The van der Waals surface area contributed by atoms with E-state index in [-0.39, 0.29) is 11.7 Å². The Hall–Kier alpha value is -2.32. The Kier molecular flexibility index (Phi) is 5.21. The SMILES string of the molecule is O=C(CSc1ncc(-c2ccccc2)nn1)Nc1nc2c(s1)CCCC2. The molecule has 4 rings (SSSR count). The molecule has 6 nitrogen and oxygen atoms in total. The number of amides is 1. The van der Waals surface area contributed by atoms with Crippen LogP contribution in [0.25, 0.3) is 11.3 Å². The second kappa shape index (κ2) is 7.92. The summed E-state index contributed by atoms with van der Waals surface area (Å²) in [4.78, 5) is 22.3. The standard InChI is InChI=1S/C18H17N5OS2/c24-16(21-18-20-13-8-4-5-9-15(13)26-18)11-25-17-19-10-14(22-23-17)12-6-2-1-3-7-12/h1-3,6-7,10H,4-5,8-9,11H2,(H,20,21,24). The zero-order chi connectivity index (χ0) is 17.8. The van der Waals surface area contributed by atoms with E-state index in [1.807, 2.05) is 30.3 Å². The van der Waals surface area contributed by atoms with Gasteiger partial charge in [0.05, 0.1) is 17.6 Å². The summed E-state index contributed by atoms with van der Waals surface area (Å²) < 4.78 is 0. The summed E-state index contributed by atoms with van der Waals surface area (Å²) in [7, 11) is 0. The van der Waals surface area contributed by atoms with Crippen LogP contribution in [0.1, 0.15) is 23.4 Å². The molecule has 0 bridgehead atoms. The number of thioether (sulfide) groups is 1. The average Bonchev–Trinajstić information content (AvgIpc) is 3.09. The summed E-state index contributed by atoms with van der Waals surface area (Å²) in [6.45, 7) is 0. The lowest BCUT2D eigenvalue weighted by Crippen LogP contribution is -2.14. The van der Waals surface area contributed by atoms with Gasteiger partial charge in [-0.15, -0.1) is 21.5 Å². The summed E-state index contributed by atoms with van der Waals surface area (Å²) in [5, 5.41) is 12.3. The van der Waals surface area contributed by atoms with Crippen LogP contribution >= 0.6 is 23.1 Å². The van der Waals surface area contributed by atoms with Crippen LogP contribution in [0.15, 0.2) is 41.7 Å². The Morgan fingerprint density at radius 2 is 2.00 bits per heavy atom. The fraction of sp³-hybridized carbons (Fsp3) is 0.278. The lowest BCUT2D eigenvalue weighted by Gasteiger charge is -2.06. The fourth-order valence-corrected chi connectivity index (χ4v) is 4.39. The van der Waals surface area contributed by atoms with Gasteiger partial charge in [-0.05, 0) is 25.7 Å². The third-order valence-electron chi connectivity index (χ3n) is 4.03. The molecule has 1 N–H and O–H groups in total. The minimum atomic E-state index is -0.100. The van der Waals surface area contributed by atoms with Crippen molar-refractivity contribution in [2.24, 2.45) is 0 Å². The summed E-state index contributed by atoms with van der Waals surface area (Å²) >= 11 is 2.86. The van der Waals surface area contributed by atoms with Crippen molar-refractivity contribution in [2.75, 3.05) is 11.1 Å². The van der Waals surface area contributed by atoms with E-state index in [1.54, 1.807) is 17.5 Å². The Labute approximate surface area is 159 Å². The molecule has 1 aliphatic rings. The van der Waals surface area contributed by atoms with Gasteiger partial charge in [0.2, 0.25) is 11.1 Å². The van der Waals surface area contributed by atoms with Gasteiger partial charge in [-0.25, -0.2) is 9.97 Å². The number of rotatable bonds is 5. The van der Waals surface area contributed by atoms with Crippen LogP contribution in [-0.4, -0.2) is 31.8 Å². The number of benzene rings is 1. The van der Waals surface area contributed by atoms with Crippen LogP contribution in [0.5, 0.6) is 0 Å². The number of nitrogens with one attached hydrogen (secondary N) is 1. The van der Waals surface area contributed by atoms with Crippen molar-refractivity contribution in [3.05, 3.63) is 47.1 Å². The molecule has 2 aromatic heterocycles. The molecule has 3 aromatic rings. The minimum absolute atomic E-state index is 0.100. The maximum absolute atomic E-state index is 12.1. The molecule has 1 aromatic carbocycles. The number of carbonyl (C=O) groups is 1. The molecule has 0 saturated carbocycles. The van der Waals surface area contributed by atoms with Gasteiger partial charge in [-0.3, -0.25) is 4.79 Å². The van der Waals surface area contributed by atoms with Crippen LogP contribution in [0.2, 0.25) is 0 Å². The van der Waals surface area contributed by atoms with Crippen molar-refractivity contribution < 1.29 is 4.79 Å². The van der Waals surface area contributed by atoms with E-state index >= 15 is 0 Å². The van der Waals surface area contributed by atoms with Crippen molar-refractivity contribution in [1.29, 1.82) is 0 Å². The number of nitrogens with zero attached hydrogens (tertiary/aromatic N) is 4. The minimum Gasteiger partial charge on any atom is -0.301 e. The number of hydrogen-bond acceptors (Lipinski definition) is 7. The Morgan fingerprint density at radius 3 is 2.77 bits per heavy atom. The molecule has 0 unspecified atom stereocenters. The monoisotopic (exact) mass is 383 g/mol. The Bertz CT molecular complexity index is 872. The predicted molar refractivity (Wildman–Crippen MR) is 103 cm³/mol. The van der Waals surface area contributed by atoms with Gasteiger partial charge in [0.25, 0.3) is 0 Å². The summed E-state index contributed by atoms with van der Waals surface area (Å²) in [6, 6.07) is 9.76. The second-order valence-electron chi connectivity index (χ2n) is 5.92. The average molecular weight is 384 g/mol. The van der Waals surface area contributed by atoms with Crippen molar-refractivity contribution in [3.8, 4) is 11.3 Å². The van der Waals surface area contributed by atoms with Gasteiger partial charge >= 0.3 is 0 Å². The maximum Gasteiger partial charge on any atom is 0.236 e. The first-order valence-electron chi connectivity index (χ1n) is 8.44. The summed E-state index contributed by atoms with van der Waals surface area (Å²) in [6.07, 6.45) is 6.16. The highest BCUT2D eigenvalue weighted by atomic mass is 32.2. The van der Waals surface area contributed by atoms with E-state index in [9.17, 15) is 4.79 Å². The van der Waals surface area contributed by atoms with Gasteiger partial charge in [-0.2, -0.15) is 0 Å². The third kappa shape index (κ3) is 4.08. The highest BCUT2D eigenvalue weighted by molar-refractivity contribution is 7.99. The highest BCUT2D eigenvalue weighted by Gasteiger charge is 2.16. The van der Waals surface area contributed by atoms with Crippen LogP contribution in [-0.2, 0) is 17.6 Å². The largest absolute Gasteiger partial charge is 0.301 e. The Balaban J connectivity index is 1.32. The van der Waals surface area contributed by atoms with Crippen molar-refractivity contribution >= 4 is 34.1 Å². The van der Waals surface area contributed by atoms with Gasteiger partial charge < -0.3 is 5.32 Å². The zero-order valence-electron chi connectivity index (χ0n) is 14.0. The van der Waals surface area contributed by atoms with Crippen molar-refractivity contribution in [3.63, 3.8) is 0 Å². The van der Waals surface area contributed by atoms with Gasteiger partial charge in [-0.1, -0.05) is 42.1 Å². The quantitative estimate of drug-likeness (QED) is 0.678. The molecule has 132 valence electrons. The molecular formula is C18H17N5OS2. The van der Waals surface area contributed by atoms with Crippen LogP contribution in [0.4, 0.5) is 5.13 Å². The van der Waals surface area contributed by atoms with Crippen LogP contribution < -0.4 is 5.32 Å². The molecule has 1 aliphatic carbocycles. The van der Waals surface area contributed by atoms with Gasteiger partial charge in [0, 0.05) is 10.4 Å². The first-order chi connectivity index (χ1) is 12.8. The summed E-state index contributed by atoms with van der Waals surface area (Å²) in [5.41, 5.74) is 2.83. The highest BCUT2D eigenvalue weighted by Crippen LogP contribution is 2.29. The number of anilines is 1. The smallest absolute Gasteiger partial charge is 0.236 e. The molecule has 1 amide bonds. The number of carbonyl (C=O) groups excluding carboxylic acids is 1. The molecule has 26 heavy (non-hydrogen) atoms. The van der Waals surface area contributed by atoms with E-state index in [4.69, 9.17) is 0 Å². The van der Waals surface area contributed by atoms with E-state index in [1.165, 1.54) is 29.5 Å². The predicted octanol–water partition coefficient (Wildman–Crippen LogP) is 3.60. The molecule has 0 radical (unpaired) electrons. The maximum atomic E-state index is 12.1. The fourth-order valence-electron chi connectivity index (χ4n) is 2.76. The van der Waals surface area contributed by atoms with Crippen LogP contribution in [0, 0.1) is 0 Å². The molecule has 0 atom stereocenters. The summed E-state index contributed by atoms with van der Waals surface area (Å²) in [5.74, 6) is 0.133. The number of thiazole rings is 1. The van der Waals surface area contributed by atoms with Crippen molar-refractivity contribution in [1.82, 2.24) is 20.2 Å². The molecule has 8 heteroatoms. The van der Waals surface area contributed by atoms with Crippen LogP contribution in [0.3, 0.4) is 0 Å². The third-order valence-corrected chi connectivity index (χ3v) is 5.96. The van der Waals surface area contributed by atoms with E-state index in [2.05, 4.69) is 25.5 Å². The van der Waals surface area contributed by atoms with E-state index < -0.39 is 0 Å². The van der Waals surface area contributed by atoms with Gasteiger partial charge in [0.15, 0.2) is 5.13 Å². The number of hydrogen-bond donors (Lipinski definition) is 1. The number of aromatic nitrogens is 4. The number of fused-ring (bicyclic) bond motifs is 1. The van der Waals surface area contributed by atoms with E-state index in [0.29, 0.717) is 16.0 Å². The first kappa shape index (κ1) is 17.1. The zero-order valence-corrected chi connectivity index (χ0v) is 15.6. The first-order valence-corrected chi connectivity index (χ1v) is 10.2. The molecule has 0 saturated heterocycles. The number of aryl methyl sites for hydroxylation is 2. The van der Waals surface area contributed by atoms with Gasteiger partial charge in [0.1, 0.15) is 5.69 Å². The van der Waals surface area contributed by atoms with E-state index in [0.717, 1.165) is 24.1 Å². The lowest BCUT2D eigenvalue weighted by molar-refractivity contribution is -0.113. The molecule has 0 aliphatic heterocycles. The molecular weight excluding hydrogens is 366 g/mol. The second-order valence-corrected chi connectivity index (χ2v) is 7.95. The topological polar surface area (TPSA) is 80.7 Å². The lowest BCUT2D eigenvalue weighted by atomic mass is 10.0.